The van der Waals surface area contributed by atoms with Crippen LogP contribution in [0.2, 0.25) is 5.02 Å². The molecular formula is C28H18ClN5O2S2. The van der Waals surface area contributed by atoms with Crippen LogP contribution in [0.4, 0.5) is 5.69 Å². The molecule has 2 N–H and O–H groups in total. The van der Waals surface area contributed by atoms with Gasteiger partial charge >= 0.3 is 0 Å². The van der Waals surface area contributed by atoms with Crippen molar-refractivity contribution in [2.45, 2.75) is 5.22 Å². The number of nitrogen functional groups attached to an aromatic ring is 1. The Labute approximate surface area is 230 Å². The SMILES string of the molecule is Nc1c(-c2nnc(SCC(=O)c3ccc(Cl)cc3)o2)sc2nnc(-c3ccccc3)c(-c3ccccc3)c12. The number of ketones is 1. The lowest BCUT2D eigenvalue weighted by molar-refractivity contribution is 0.102. The predicted molar refractivity (Wildman–Crippen MR) is 152 cm³/mol. The van der Waals surface area contributed by atoms with Gasteiger partial charge in [0, 0.05) is 27.1 Å². The summed E-state index contributed by atoms with van der Waals surface area (Å²) in [5.41, 5.74) is 11.3. The van der Waals surface area contributed by atoms with Gasteiger partial charge in [0.25, 0.3) is 11.1 Å². The first kappa shape index (κ1) is 24.3. The van der Waals surface area contributed by atoms with Gasteiger partial charge in [0.05, 0.1) is 11.4 Å². The van der Waals surface area contributed by atoms with Gasteiger partial charge < -0.3 is 10.2 Å². The van der Waals surface area contributed by atoms with E-state index in [1.54, 1.807) is 24.3 Å². The second kappa shape index (κ2) is 10.4. The summed E-state index contributed by atoms with van der Waals surface area (Å²) in [6, 6.07) is 26.6. The molecular weight excluding hydrogens is 538 g/mol. The van der Waals surface area contributed by atoms with Crippen LogP contribution in [0.1, 0.15) is 10.4 Å². The van der Waals surface area contributed by atoms with Crippen LogP contribution in [0.5, 0.6) is 0 Å². The molecule has 0 aliphatic heterocycles. The molecule has 186 valence electrons. The first-order chi connectivity index (χ1) is 18.6. The molecule has 3 aromatic carbocycles. The van der Waals surface area contributed by atoms with Crippen LogP contribution in [0.25, 0.3) is 43.4 Å². The predicted octanol–water partition coefficient (Wildman–Crippen LogP) is 7.29. The zero-order valence-electron chi connectivity index (χ0n) is 19.7. The van der Waals surface area contributed by atoms with E-state index in [0.29, 0.717) is 26.0 Å². The zero-order valence-corrected chi connectivity index (χ0v) is 22.1. The lowest BCUT2D eigenvalue weighted by Crippen LogP contribution is -2.01. The van der Waals surface area contributed by atoms with Crippen molar-refractivity contribution in [2.24, 2.45) is 0 Å². The minimum absolute atomic E-state index is 0.0657. The molecule has 0 atom stereocenters. The van der Waals surface area contributed by atoms with Crippen molar-refractivity contribution in [1.29, 1.82) is 0 Å². The molecule has 0 saturated heterocycles. The normalized spacial score (nSPS) is 11.2. The number of halogens is 1. The Morgan fingerprint density at radius 1 is 0.868 bits per heavy atom. The standard InChI is InChI=1S/C28H18ClN5O2S2/c29-19-13-11-16(12-14-19)20(35)15-37-28-34-32-26(36-28)25-23(30)22-21(17-7-3-1-4-8-17)24(31-33-27(22)38-25)18-9-5-2-6-10-18/h1-14H,15,30H2. The summed E-state index contributed by atoms with van der Waals surface area (Å²) in [6.45, 7) is 0. The van der Waals surface area contributed by atoms with Gasteiger partial charge in [-0.25, -0.2) is 0 Å². The van der Waals surface area contributed by atoms with Crippen LogP contribution in [0, 0.1) is 0 Å². The number of carbonyl (C=O) groups is 1. The highest BCUT2D eigenvalue weighted by Gasteiger charge is 2.24. The number of hydrogen-bond acceptors (Lipinski definition) is 9. The monoisotopic (exact) mass is 555 g/mol. The zero-order chi connectivity index (χ0) is 26.1. The van der Waals surface area contributed by atoms with E-state index in [1.165, 1.54) is 23.1 Å². The number of rotatable bonds is 7. The highest BCUT2D eigenvalue weighted by Crippen LogP contribution is 2.46. The number of fused-ring (bicyclic) bond motifs is 1. The van der Waals surface area contributed by atoms with Crippen molar-refractivity contribution < 1.29 is 9.21 Å². The Bertz CT molecular complexity index is 1750. The third-order valence-electron chi connectivity index (χ3n) is 5.86. The van der Waals surface area contributed by atoms with E-state index >= 15 is 0 Å². The van der Waals surface area contributed by atoms with E-state index in [9.17, 15) is 4.79 Å². The van der Waals surface area contributed by atoms with Crippen LogP contribution in [-0.4, -0.2) is 31.9 Å². The van der Waals surface area contributed by atoms with Gasteiger partial charge in [-0.2, -0.15) is 0 Å². The van der Waals surface area contributed by atoms with Gasteiger partial charge in [0.1, 0.15) is 15.4 Å². The molecule has 0 unspecified atom stereocenters. The average molecular weight is 556 g/mol. The van der Waals surface area contributed by atoms with Crippen LogP contribution in [0.15, 0.2) is 94.6 Å². The summed E-state index contributed by atoms with van der Waals surface area (Å²) in [5.74, 6) is 0.353. The fourth-order valence-corrected chi connectivity index (χ4v) is 5.81. The molecule has 0 radical (unpaired) electrons. The molecule has 38 heavy (non-hydrogen) atoms. The molecule has 7 nitrogen and oxygen atoms in total. The number of thioether (sulfide) groups is 1. The number of nitrogens with zero attached hydrogens (tertiary/aromatic N) is 4. The third kappa shape index (κ3) is 4.67. The highest BCUT2D eigenvalue weighted by molar-refractivity contribution is 7.99. The van der Waals surface area contributed by atoms with Crippen LogP contribution in [-0.2, 0) is 0 Å². The summed E-state index contributed by atoms with van der Waals surface area (Å²) < 4.78 is 5.90. The minimum atomic E-state index is -0.0657. The van der Waals surface area contributed by atoms with Gasteiger partial charge in [0.15, 0.2) is 5.78 Å². The van der Waals surface area contributed by atoms with Gasteiger partial charge in [-0.15, -0.1) is 31.7 Å². The van der Waals surface area contributed by atoms with Crippen LogP contribution in [0.3, 0.4) is 0 Å². The van der Waals surface area contributed by atoms with E-state index in [1.807, 2.05) is 60.7 Å². The third-order valence-corrected chi connectivity index (χ3v) is 8.01. The van der Waals surface area contributed by atoms with E-state index in [4.69, 9.17) is 21.8 Å². The molecule has 10 heteroatoms. The summed E-state index contributed by atoms with van der Waals surface area (Å²) >= 11 is 8.42. The van der Waals surface area contributed by atoms with E-state index in [2.05, 4.69) is 20.4 Å². The quantitative estimate of drug-likeness (QED) is 0.162. The van der Waals surface area contributed by atoms with Gasteiger partial charge in [-0.3, -0.25) is 4.79 Å². The van der Waals surface area contributed by atoms with Gasteiger partial charge in [-0.05, 0) is 29.8 Å². The topological polar surface area (TPSA) is 108 Å². The van der Waals surface area contributed by atoms with Crippen molar-refractivity contribution in [2.75, 3.05) is 11.5 Å². The second-order valence-corrected chi connectivity index (χ2v) is 10.6. The molecule has 0 aliphatic carbocycles. The molecule has 0 fully saturated rings. The maximum absolute atomic E-state index is 12.5. The number of aromatic nitrogens is 4. The van der Waals surface area contributed by atoms with Crippen molar-refractivity contribution in [1.82, 2.24) is 20.4 Å². The fraction of sp³-hybridized carbons (Fsp3) is 0.0357. The lowest BCUT2D eigenvalue weighted by Gasteiger charge is -2.10. The molecule has 0 aliphatic rings. The maximum atomic E-state index is 12.5. The molecule has 0 amide bonds. The summed E-state index contributed by atoms with van der Waals surface area (Å²) in [6.07, 6.45) is 0. The smallest absolute Gasteiger partial charge is 0.277 e. The van der Waals surface area contributed by atoms with E-state index in [0.717, 1.165) is 27.8 Å². The Hall–Kier alpha value is -4.05. The number of carbonyl (C=O) groups excluding carboxylic acids is 1. The Morgan fingerprint density at radius 2 is 1.55 bits per heavy atom. The fourth-order valence-electron chi connectivity index (χ4n) is 4.06. The van der Waals surface area contributed by atoms with E-state index < -0.39 is 0 Å². The number of hydrogen-bond donors (Lipinski definition) is 1. The van der Waals surface area contributed by atoms with Crippen LogP contribution >= 0.6 is 34.7 Å². The average Bonchev–Trinajstić information content (AvgIpc) is 3.57. The Morgan fingerprint density at radius 3 is 2.26 bits per heavy atom. The molecule has 6 aromatic rings. The number of thiophene rings is 1. The molecule has 0 spiro atoms. The summed E-state index contributed by atoms with van der Waals surface area (Å²) in [5, 5.41) is 19.0. The minimum Gasteiger partial charge on any atom is -0.410 e. The first-order valence-corrected chi connectivity index (χ1v) is 13.7. The summed E-state index contributed by atoms with van der Waals surface area (Å²) in [4.78, 5) is 13.8. The molecule has 0 bridgehead atoms. The number of benzene rings is 3. The number of Topliss-reactive ketones (excluding diaryl/α,β-unsaturated/α-hetero) is 1. The molecule has 0 saturated carbocycles. The van der Waals surface area contributed by atoms with E-state index in [-0.39, 0.29) is 22.6 Å². The molecule has 3 heterocycles. The summed E-state index contributed by atoms with van der Waals surface area (Å²) in [7, 11) is 0. The largest absolute Gasteiger partial charge is 0.410 e. The van der Waals surface area contributed by atoms with Gasteiger partial charge in [-0.1, -0.05) is 84.0 Å². The van der Waals surface area contributed by atoms with Crippen molar-refractivity contribution in [3.63, 3.8) is 0 Å². The Kier molecular flexibility index (Phi) is 6.63. The molecule has 6 rings (SSSR count). The number of nitrogens with two attached hydrogens (primary N) is 1. The maximum Gasteiger partial charge on any atom is 0.277 e. The highest BCUT2D eigenvalue weighted by atomic mass is 35.5. The second-order valence-electron chi connectivity index (χ2n) is 8.27. The van der Waals surface area contributed by atoms with Crippen molar-refractivity contribution >= 4 is 56.4 Å². The van der Waals surface area contributed by atoms with Crippen molar-refractivity contribution in [3.05, 3.63) is 95.5 Å². The van der Waals surface area contributed by atoms with Crippen LogP contribution < -0.4 is 5.73 Å². The Balaban J connectivity index is 1.36. The number of anilines is 1. The molecule has 3 aromatic heterocycles. The van der Waals surface area contributed by atoms with Crippen molar-refractivity contribution in [3.8, 4) is 33.2 Å². The first-order valence-electron chi connectivity index (χ1n) is 11.5. The lowest BCUT2D eigenvalue weighted by atomic mass is 9.96. The van der Waals surface area contributed by atoms with Gasteiger partial charge in [0.2, 0.25) is 0 Å².